The number of carbonyl (C=O) groups excluding carboxylic acids is 2. The number of anilines is 2. The van der Waals surface area contributed by atoms with Crippen LogP contribution in [0.5, 0.6) is 11.5 Å². The van der Waals surface area contributed by atoms with E-state index in [9.17, 15) is 14.7 Å². The van der Waals surface area contributed by atoms with Crippen molar-refractivity contribution in [1.29, 1.82) is 0 Å². The fourth-order valence-corrected chi connectivity index (χ4v) is 3.30. The third kappa shape index (κ3) is 5.91. The van der Waals surface area contributed by atoms with Gasteiger partial charge >= 0.3 is 0 Å². The average molecular weight is 446 g/mol. The molecular weight excluding hydrogens is 414 g/mol. The number of amides is 2. The molecule has 10 nitrogen and oxygen atoms in total. The number of methoxy groups -OCH3 is 1. The Hall–Kier alpha value is -3.27. The van der Waals surface area contributed by atoms with Crippen molar-refractivity contribution in [3.8, 4) is 11.5 Å². The van der Waals surface area contributed by atoms with Gasteiger partial charge in [-0.15, -0.1) is 0 Å². The van der Waals surface area contributed by atoms with Crippen LogP contribution < -0.4 is 19.7 Å². The Balaban J connectivity index is 2.40. The van der Waals surface area contributed by atoms with E-state index in [2.05, 4.69) is 20.3 Å². The Labute approximate surface area is 188 Å². The maximum atomic E-state index is 11.9. The maximum absolute atomic E-state index is 11.9. The van der Waals surface area contributed by atoms with Crippen molar-refractivity contribution in [1.82, 2.24) is 15.0 Å². The van der Waals surface area contributed by atoms with E-state index in [-0.39, 0.29) is 31.0 Å². The number of aliphatic hydroxyl groups excluding tert-OH is 1. The Kier molecular flexibility index (Phi) is 8.89. The van der Waals surface area contributed by atoms with Crippen molar-refractivity contribution in [2.24, 2.45) is 0 Å². The third-order valence-corrected chi connectivity index (χ3v) is 4.88. The monoisotopic (exact) mass is 445 g/mol. The molecule has 2 aromatic heterocycles. The molecule has 0 aliphatic rings. The number of aromatic nitrogens is 3. The predicted octanol–water partition coefficient (Wildman–Crippen LogP) is 2.55. The van der Waals surface area contributed by atoms with E-state index in [0.717, 1.165) is 28.2 Å². The van der Waals surface area contributed by atoms with E-state index in [1.54, 1.807) is 13.3 Å². The highest BCUT2D eigenvalue weighted by Gasteiger charge is 2.22. The Bertz CT molecular complexity index is 952. The molecule has 0 aromatic carbocycles. The van der Waals surface area contributed by atoms with Crippen molar-refractivity contribution in [2.75, 3.05) is 23.9 Å². The quantitative estimate of drug-likeness (QED) is 0.567. The highest BCUT2D eigenvalue weighted by molar-refractivity contribution is 6.11. The third-order valence-electron chi connectivity index (χ3n) is 4.88. The van der Waals surface area contributed by atoms with Gasteiger partial charge in [-0.1, -0.05) is 13.3 Å². The molecule has 1 atom stereocenters. The molecule has 10 heteroatoms. The molecule has 0 unspecified atom stereocenters. The highest BCUT2D eigenvalue weighted by Crippen LogP contribution is 2.28. The van der Waals surface area contributed by atoms with Gasteiger partial charge in [0.1, 0.15) is 12.4 Å². The van der Waals surface area contributed by atoms with Gasteiger partial charge in [0, 0.05) is 31.2 Å². The lowest BCUT2D eigenvalue weighted by atomic mass is 10.1. The first kappa shape index (κ1) is 25.0. The summed E-state index contributed by atoms with van der Waals surface area (Å²) in [6.45, 7) is 8.34. The van der Waals surface area contributed by atoms with Gasteiger partial charge in [-0.2, -0.15) is 4.98 Å². The molecule has 174 valence electrons. The van der Waals surface area contributed by atoms with Gasteiger partial charge in [-0.3, -0.25) is 14.6 Å². The second-order valence-corrected chi connectivity index (χ2v) is 7.40. The zero-order valence-electron chi connectivity index (χ0n) is 19.4. The molecule has 2 rings (SSSR count). The van der Waals surface area contributed by atoms with E-state index in [1.807, 2.05) is 20.8 Å². The summed E-state index contributed by atoms with van der Waals surface area (Å²) in [4.78, 5) is 37.6. The minimum absolute atomic E-state index is 0.0700. The number of ether oxygens (including phenoxy) is 2. The molecule has 2 heterocycles. The van der Waals surface area contributed by atoms with Crippen LogP contribution in [0.3, 0.4) is 0 Å². The molecule has 2 N–H and O–H groups in total. The van der Waals surface area contributed by atoms with Crippen LogP contribution in [0.1, 0.15) is 50.4 Å². The van der Waals surface area contributed by atoms with Crippen molar-refractivity contribution < 1.29 is 24.2 Å². The molecule has 0 bridgehead atoms. The SMILES string of the molecule is CCC[C@@H](CO)Nc1nc(N(C(C)=O)C(C)=O)ncc1OCc1ncc(C)c(OC)c1C. The van der Waals surface area contributed by atoms with E-state index in [1.165, 1.54) is 20.0 Å². The number of pyridine rings is 1. The summed E-state index contributed by atoms with van der Waals surface area (Å²) >= 11 is 0. The number of aliphatic hydroxyl groups is 1. The zero-order valence-corrected chi connectivity index (χ0v) is 19.4. The Morgan fingerprint density at radius 1 is 1.19 bits per heavy atom. The molecule has 0 fully saturated rings. The van der Waals surface area contributed by atoms with Crippen molar-refractivity contribution in [3.05, 3.63) is 29.2 Å². The van der Waals surface area contributed by atoms with Crippen molar-refractivity contribution in [3.63, 3.8) is 0 Å². The molecular formula is C22H31N5O5. The van der Waals surface area contributed by atoms with Gasteiger partial charge in [0.15, 0.2) is 11.6 Å². The summed E-state index contributed by atoms with van der Waals surface area (Å²) in [6, 6.07) is -0.285. The van der Waals surface area contributed by atoms with Gasteiger partial charge in [0.05, 0.1) is 31.6 Å². The summed E-state index contributed by atoms with van der Waals surface area (Å²) in [7, 11) is 1.60. The number of nitrogens with zero attached hydrogens (tertiary/aromatic N) is 4. The van der Waals surface area contributed by atoms with Gasteiger partial charge in [0.25, 0.3) is 0 Å². The molecule has 2 amide bonds. The summed E-state index contributed by atoms with van der Waals surface area (Å²) < 4.78 is 11.4. The number of carbonyl (C=O) groups is 2. The summed E-state index contributed by atoms with van der Waals surface area (Å²) in [5.74, 6) is 0.236. The lowest BCUT2D eigenvalue weighted by molar-refractivity contribution is -0.124. The van der Waals surface area contributed by atoms with Crippen LogP contribution in [0.15, 0.2) is 12.4 Å². The smallest absolute Gasteiger partial charge is 0.241 e. The summed E-state index contributed by atoms with van der Waals surface area (Å²) in [6.07, 6.45) is 4.63. The van der Waals surface area contributed by atoms with E-state index < -0.39 is 11.8 Å². The average Bonchev–Trinajstić information content (AvgIpc) is 2.73. The summed E-state index contributed by atoms with van der Waals surface area (Å²) in [5, 5.41) is 12.8. The summed E-state index contributed by atoms with van der Waals surface area (Å²) in [5.41, 5.74) is 2.46. The number of imide groups is 1. The largest absolute Gasteiger partial charge is 0.496 e. The second-order valence-electron chi connectivity index (χ2n) is 7.40. The van der Waals surface area contributed by atoms with Crippen molar-refractivity contribution >= 4 is 23.6 Å². The first-order chi connectivity index (χ1) is 15.2. The Morgan fingerprint density at radius 3 is 2.44 bits per heavy atom. The predicted molar refractivity (Wildman–Crippen MR) is 120 cm³/mol. The zero-order chi connectivity index (χ0) is 23.8. The Morgan fingerprint density at radius 2 is 1.88 bits per heavy atom. The van der Waals surface area contributed by atoms with Crippen LogP contribution in [0.25, 0.3) is 0 Å². The van der Waals surface area contributed by atoms with Crippen molar-refractivity contribution in [2.45, 2.75) is 60.1 Å². The van der Waals surface area contributed by atoms with Gasteiger partial charge in [0.2, 0.25) is 17.8 Å². The molecule has 0 aliphatic carbocycles. The number of rotatable bonds is 10. The maximum Gasteiger partial charge on any atom is 0.241 e. The number of hydrogen-bond acceptors (Lipinski definition) is 9. The fourth-order valence-electron chi connectivity index (χ4n) is 3.30. The van der Waals surface area contributed by atoms with Crippen LogP contribution in [0.4, 0.5) is 11.8 Å². The number of nitrogens with one attached hydrogen (secondary N) is 1. The van der Waals surface area contributed by atoms with Gasteiger partial charge < -0.3 is 19.9 Å². The van der Waals surface area contributed by atoms with Gasteiger partial charge in [-0.05, 0) is 20.3 Å². The van der Waals surface area contributed by atoms with Crippen LogP contribution in [-0.2, 0) is 16.2 Å². The molecule has 0 radical (unpaired) electrons. The van der Waals surface area contributed by atoms with Gasteiger partial charge in [-0.25, -0.2) is 9.88 Å². The minimum atomic E-state index is -0.504. The number of hydrogen-bond donors (Lipinski definition) is 2. The fraction of sp³-hybridized carbons (Fsp3) is 0.500. The van der Waals surface area contributed by atoms with E-state index >= 15 is 0 Å². The molecule has 0 saturated carbocycles. The molecule has 0 spiro atoms. The second kappa shape index (κ2) is 11.4. The molecule has 0 aliphatic heterocycles. The highest BCUT2D eigenvalue weighted by atomic mass is 16.5. The normalized spacial score (nSPS) is 11.6. The molecule has 32 heavy (non-hydrogen) atoms. The molecule has 0 saturated heterocycles. The minimum Gasteiger partial charge on any atom is -0.496 e. The first-order valence-electron chi connectivity index (χ1n) is 10.4. The van der Waals surface area contributed by atoms with Crippen LogP contribution in [0.2, 0.25) is 0 Å². The topological polar surface area (TPSA) is 127 Å². The van der Waals surface area contributed by atoms with E-state index in [0.29, 0.717) is 17.9 Å². The first-order valence-corrected chi connectivity index (χ1v) is 10.4. The lowest BCUT2D eigenvalue weighted by Gasteiger charge is -2.21. The standard InChI is InChI=1S/C22H31N5O5/c1-7-8-17(11-28)25-21-19(10-24-22(26-21)27(15(4)29)16(5)30)32-12-18-14(3)20(31-6)13(2)9-23-18/h9-10,17,28H,7-8,11-12H2,1-6H3,(H,24,25,26)/t17-/m0/s1. The van der Waals surface area contributed by atoms with Crippen LogP contribution >= 0.6 is 0 Å². The lowest BCUT2D eigenvalue weighted by Crippen LogP contribution is -2.35. The molecule has 2 aromatic rings. The van der Waals surface area contributed by atoms with Crippen LogP contribution in [-0.4, -0.2) is 51.6 Å². The van der Waals surface area contributed by atoms with Crippen LogP contribution in [0, 0.1) is 13.8 Å². The number of aryl methyl sites for hydroxylation is 1. The van der Waals surface area contributed by atoms with E-state index in [4.69, 9.17) is 9.47 Å².